The van der Waals surface area contributed by atoms with E-state index < -0.39 is 29.1 Å². The normalized spacial score (nSPS) is 11.4. The third kappa shape index (κ3) is 7.20. The smallest absolute Gasteiger partial charge is 0.346 e. The quantitative estimate of drug-likeness (QED) is 0.388. The van der Waals surface area contributed by atoms with Gasteiger partial charge in [0.15, 0.2) is 0 Å². The third-order valence-corrected chi connectivity index (χ3v) is 2.68. The Morgan fingerprint density at radius 3 is 1.80 bits per heavy atom. The summed E-state index contributed by atoms with van der Waals surface area (Å²) in [5, 5.41) is 9.06. The van der Waals surface area contributed by atoms with Crippen LogP contribution in [0.5, 0.6) is 0 Å². The molecule has 0 atom stereocenters. The van der Waals surface area contributed by atoms with E-state index in [2.05, 4.69) is 0 Å². The predicted octanol–water partition coefficient (Wildman–Crippen LogP) is 3.45. The molecule has 0 radical (unpaired) electrons. The van der Waals surface area contributed by atoms with Crippen LogP contribution in [0.2, 0.25) is 0 Å². The molecule has 0 bridgehead atoms. The first-order valence-electron chi connectivity index (χ1n) is 7.80. The molecule has 1 N–H and O–H groups in total. The van der Waals surface area contributed by atoms with Crippen molar-refractivity contribution in [1.29, 1.82) is 0 Å². The molecule has 6 nitrogen and oxygen atoms in total. The lowest BCUT2D eigenvalue weighted by Crippen LogP contribution is -2.31. The Morgan fingerprint density at radius 1 is 0.920 bits per heavy atom. The molecule has 0 spiro atoms. The van der Waals surface area contributed by atoms with E-state index >= 15 is 0 Å². The van der Waals surface area contributed by atoms with E-state index in [9.17, 15) is 14.4 Å². The van der Waals surface area contributed by atoms with Crippen LogP contribution in [0.1, 0.15) is 57.5 Å². The number of benzene rings is 1. The van der Waals surface area contributed by atoms with E-state index in [1.54, 1.807) is 47.6 Å². The fourth-order valence-electron chi connectivity index (χ4n) is 1.80. The van der Waals surface area contributed by atoms with E-state index in [-0.39, 0.29) is 11.1 Å². The molecular formula is C19H24O6. The van der Waals surface area contributed by atoms with Crippen LogP contribution < -0.4 is 0 Å². The average molecular weight is 348 g/mol. The Kier molecular flexibility index (Phi) is 6.13. The summed E-state index contributed by atoms with van der Waals surface area (Å²) in [6.45, 7) is 10.1. The molecule has 0 heterocycles. The van der Waals surface area contributed by atoms with Crippen molar-refractivity contribution in [1.82, 2.24) is 0 Å². The number of esters is 2. The van der Waals surface area contributed by atoms with Gasteiger partial charge in [0.05, 0.1) is 5.56 Å². The fourth-order valence-corrected chi connectivity index (χ4v) is 1.80. The number of ether oxygens (including phenoxy) is 2. The van der Waals surface area contributed by atoms with Gasteiger partial charge in [-0.25, -0.2) is 14.4 Å². The molecule has 0 aliphatic heterocycles. The summed E-state index contributed by atoms with van der Waals surface area (Å²) in [6, 6.07) is 5.88. The second-order valence-corrected chi connectivity index (χ2v) is 7.49. The average Bonchev–Trinajstić information content (AvgIpc) is 2.41. The van der Waals surface area contributed by atoms with Crippen LogP contribution in [0, 0.1) is 0 Å². The zero-order valence-electron chi connectivity index (χ0n) is 15.4. The monoisotopic (exact) mass is 348 g/mol. The highest BCUT2D eigenvalue weighted by atomic mass is 16.6. The summed E-state index contributed by atoms with van der Waals surface area (Å²) in [6.07, 6.45) is 1.27. The maximum atomic E-state index is 12.4. The second-order valence-electron chi connectivity index (χ2n) is 7.49. The lowest BCUT2D eigenvalue weighted by atomic mass is 10.1. The number of hydrogen-bond donors (Lipinski definition) is 1. The van der Waals surface area contributed by atoms with Crippen molar-refractivity contribution >= 4 is 24.0 Å². The van der Waals surface area contributed by atoms with E-state index in [0.29, 0.717) is 5.56 Å². The molecule has 0 amide bonds. The minimum atomic E-state index is -1.11. The first kappa shape index (κ1) is 20.4. The molecule has 1 aromatic carbocycles. The van der Waals surface area contributed by atoms with Crippen molar-refractivity contribution in [2.75, 3.05) is 0 Å². The summed E-state index contributed by atoms with van der Waals surface area (Å²) >= 11 is 0. The summed E-state index contributed by atoms with van der Waals surface area (Å²) in [5.41, 5.74) is -1.46. The van der Waals surface area contributed by atoms with Crippen molar-refractivity contribution in [3.63, 3.8) is 0 Å². The summed E-state index contributed by atoms with van der Waals surface area (Å²) in [5.74, 6) is -2.77. The van der Waals surface area contributed by atoms with E-state index in [1.165, 1.54) is 24.3 Å². The summed E-state index contributed by atoms with van der Waals surface area (Å²) in [7, 11) is 0. The van der Waals surface area contributed by atoms with Gasteiger partial charge in [0.1, 0.15) is 16.8 Å². The Labute approximate surface area is 147 Å². The number of hydrogen-bond acceptors (Lipinski definition) is 5. The van der Waals surface area contributed by atoms with Crippen molar-refractivity contribution in [2.24, 2.45) is 0 Å². The highest BCUT2D eigenvalue weighted by Gasteiger charge is 2.29. The SMILES string of the molecule is CC(C)(C)OC(=O)C(=Cc1cccc(C(=O)O)c1)C(=O)OC(C)(C)C. The third-order valence-electron chi connectivity index (χ3n) is 2.68. The molecule has 0 aliphatic rings. The first-order chi connectivity index (χ1) is 11.3. The summed E-state index contributed by atoms with van der Waals surface area (Å²) < 4.78 is 10.5. The Morgan fingerprint density at radius 2 is 1.40 bits per heavy atom. The lowest BCUT2D eigenvalue weighted by molar-refractivity contribution is -0.158. The molecule has 6 heteroatoms. The van der Waals surface area contributed by atoms with Crippen molar-refractivity contribution in [2.45, 2.75) is 52.7 Å². The van der Waals surface area contributed by atoms with Crippen LogP contribution in [0.25, 0.3) is 6.08 Å². The second kappa shape index (κ2) is 7.51. The Hall–Kier alpha value is -2.63. The molecule has 1 rings (SSSR count). The Balaban J connectivity index is 3.30. The zero-order valence-corrected chi connectivity index (χ0v) is 15.4. The van der Waals surface area contributed by atoms with Crippen molar-refractivity contribution < 1.29 is 29.0 Å². The van der Waals surface area contributed by atoms with Crippen LogP contribution in [0.4, 0.5) is 0 Å². The largest absolute Gasteiger partial charge is 0.478 e. The van der Waals surface area contributed by atoms with Gasteiger partial charge in [-0.2, -0.15) is 0 Å². The number of carboxylic acid groups (broad SMARTS) is 1. The van der Waals surface area contributed by atoms with Crippen LogP contribution in [-0.2, 0) is 19.1 Å². The number of carbonyl (C=O) groups is 3. The minimum Gasteiger partial charge on any atom is -0.478 e. The molecule has 0 saturated carbocycles. The van der Waals surface area contributed by atoms with Gasteiger partial charge in [0.25, 0.3) is 0 Å². The minimum absolute atomic E-state index is 0.0430. The van der Waals surface area contributed by atoms with Gasteiger partial charge < -0.3 is 14.6 Å². The number of carboxylic acids is 1. The van der Waals surface area contributed by atoms with Crippen molar-refractivity contribution in [3.8, 4) is 0 Å². The van der Waals surface area contributed by atoms with Gasteiger partial charge in [0, 0.05) is 0 Å². The standard InChI is InChI=1S/C19H24O6/c1-18(2,3)24-16(22)14(17(23)25-19(4,5)6)11-12-8-7-9-13(10-12)15(20)21/h7-11H,1-6H3,(H,20,21). The van der Waals surface area contributed by atoms with Crippen LogP contribution in [0.3, 0.4) is 0 Å². The maximum absolute atomic E-state index is 12.4. The zero-order chi connectivity index (χ0) is 19.4. The molecular weight excluding hydrogens is 324 g/mol. The molecule has 25 heavy (non-hydrogen) atoms. The van der Waals surface area contributed by atoms with E-state index in [1.807, 2.05) is 0 Å². The van der Waals surface area contributed by atoms with Gasteiger partial charge >= 0.3 is 17.9 Å². The molecule has 1 aromatic rings. The van der Waals surface area contributed by atoms with Gasteiger partial charge in [-0.15, -0.1) is 0 Å². The molecule has 0 fully saturated rings. The van der Waals surface area contributed by atoms with Crippen LogP contribution in [0.15, 0.2) is 29.8 Å². The number of aromatic carboxylic acids is 1. The molecule has 136 valence electrons. The van der Waals surface area contributed by atoms with Gasteiger partial charge in [-0.05, 0) is 65.3 Å². The summed E-state index contributed by atoms with van der Waals surface area (Å²) in [4.78, 5) is 35.9. The van der Waals surface area contributed by atoms with Gasteiger partial charge in [-0.1, -0.05) is 12.1 Å². The van der Waals surface area contributed by atoms with Gasteiger partial charge in [0.2, 0.25) is 0 Å². The molecule has 0 aromatic heterocycles. The fraction of sp³-hybridized carbons (Fsp3) is 0.421. The van der Waals surface area contributed by atoms with Gasteiger partial charge in [-0.3, -0.25) is 0 Å². The highest BCUT2D eigenvalue weighted by molar-refractivity contribution is 6.18. The molecule has 0 unspecified atom stereocenters. The first-order valence-corrected chi connectivity index (χ1v) is 7.80. The topological polar surface area (TPSA) is 89.9 Å². The van der Waals surface area contributed by atoms with Crippen molar-refractivity contribution in [3.05, 3.63) is 41.0 Å². The highest BCUT2D eigenvalue weighted by Crippen LogP contribution is 2.19. The Bertz CT molecular complexity index is 671. The maximum Gasteiger partial charge on any atom is 0.346 e. The van der Waals surface area contributed by atoms with E-state index in [4.69, 9.17) is 14.6 Å². The number of rotatable bonds is 4. The molecule has 0 saturated heterocycles. The predicted molar refractivity (Wildman–Crippen MR) is 93.1 cm³/mol. The number of carbonyl (C=O) groups excluding carboxylic acids is 2. The lowest BCUT2D eigenvalue weighted by Gasteiger charge is -2.23. The van der Waals surface area contributed by atoms with Crippen LogP contribution in [-0.4, -0.2) is 34.2 Å². The van der Waals surface area contributed by atoms with Crippen LogP contribution >= 0.6 is 0 Å². The molecule has 0 aliphatic carbocycles. The van der Waals surface area contributed by atoms with E-state index in [0.717, 1.165) is 0 Å².